The molecule has 1 fully saturated rings. The molecule has 3 aromatic rings. The van der Waals surface area contributed by atoms with E-state index in [1.807, 2.05) is 5.38 Å². The highest BCUT2D eigenvalue weighted by Crippen LogP contribution is 2.31. The summed E-state index contributed by atoms with van der Waals surface area (Å²) in [6.07, 6.45) is 2.25. The van der Waals surface area contributed by atoms with Gasteiger partial charge in [0, 0.05) is 35.1 Å². The van der Waals surface area contributed by atoms with Crippen LogP contribution in [-0.2, 0) is 6.54 Å². The molecule has 1 aliphatic heterocycles. The first-order chi connectivity index (χ1) is 11.7. The smallest absolute Gasteiger partial charge is 0.324 e. The van der Waals surface area contributed by atoms with Crippen molar-refractivity contribution in [3.63, 3.8) is 0 Å². The third-order valence-corrected chi connectivity index (χ3v) is 5.73. The topological polar surface area (TPSA) is 62.2 Å². The van der Waals surface area contributed by atoms with Gasteiger partial charge in [-0.3, -0.25) is 15.0 Å². The molecule has 1 N–H and O–H groups in total. The van der Waals surface area contributed by atoms with E-state index in [-0.39, 0.29) is 9.92 Å². The minimum Gasteiger partial charge on any atom is -0.358 e. The SMILES string of the molecule is O=[N+]([O-])c1cc(CN2CCC(c3cc4ccccc4[nH]3)CC2)cs1. The number of nitrogens with zero attached hydrogens (tertiary/aromatic N) is 2. The Morgan fingerprint density at radius 2 is 2.04 bits per heavy atom. The Kier molecular flexibility index (Phi) is 4.08. The lowest BCUT2D eigenvalue weighted by Gasteiger charge is -2.31. The summed E-state index contributed by atoms with van der Waals surface area (Å²) in [7, 11) is 0. The zero-order chi connectivity index (χ0) is 16.5. The molecule has 124 valence electrons. The number of H-pyrrole nitrogens is 1. The Morgan fingerprint density at radius 3 is 2.75 bits per heavy atom. The lowest BCUT2D eigenvalue weighted by molar-refractivity contribution is -0.380. The minimum atomic E-state index is -0.309. The third-order valence-electron chi connectivity index (χ3n) is 4.80. The second-order valence-electron chi connectivity index (χ2n) is 6.41. The number of aromatic nitrogens is 1. The van der Waals surface area contributed by atoms with Crippen LogP contribution in [0.5, 0.6) is 0 Å². The van der Waals surface area contributed by atoms with Crippen LogP contribution < -0.4 is 0 Å². The molecule has 3 heterocycles. The molecular weight excluding hydrogens is 322 g/mol. The highest BCUT2D eigenvalue weighted by atomic mass is 32.1. The molecule has 0 spiro atoms. The van der Waals surface area contributed by atoms with Crippen LogP contribution in [-0.4, -0.2) is 27.9 Å². The van der Waals surface area contributed by atoms with Crippen molar-refractivity contribution in [1.29, 1.82) is 0 Å². The molecule has 1 aliphatic rings. The Hall–Kier alpha value is -2.18. The first-order valence-electron chi connectivity index (χ1n) is 8.21. The van der Waals surface area contributed by atoms with Crippen molar-refractivity contribution in [3.8, 4) is 0 Å². The van der Waals surface area contributed by atoms with Crippen LogP contribution in [0.1, 0.15) is 30.0 Å². The van der Waals surface area contributed by atoms with E-state index in [1.54, 1.807) is 6.07 Å². The number of hydrogen-bond donors (Lipinski definition) is 1. The number of rotatable bonds is 4. The second kappa shape index (κ2) is 6.37. The summed E-state index contributed by atoms with van der Waals surface area (Å²) in [5, 5.41) is 14.2. The van der Waals surface area contributed by atoms with Crippen molar-refractivity contribution in [1.82, 2.24) is 9.88 Å². The fourth-order valence-electron chi connectivity index (χ4n) is 3.52. The van der Waals surface area contributed by atoms with Gasteiger partial charge in [0.2, 0.25) is 0 Å². The molecule has 2 aromatic heterocycles. The van der Waals surface area contributed by atoms with Gasteiger partial charge >= 0.3 is 5.00 Å². The molecule has 1 aromatic carbocycles. The van der Waals surface area contributed by atoms with E-state index in [4.69, 9.17) is 0 Å². The van der Waals surface area contributed by atoms with Gasteiger partial charge in [0.25, 0.3) is 0 Å². The first-order valence-corrected chi connectivity index (χ1v) is 9.09. The van der Waals surface area contributed by atoms with Gasteiger partial charge in [-0.25, -0.2) is 0 Å². The summed E-state index contributed by atoms with van der Waals surface area (Å²) in [5.41, 5.74) is 3.60. The molecule has 0 amide bonds. The van der Waals surface area contributed by atoms with Crippen molar-refractivity contribution >= 4 is 27.2 Å². The predicted octanol–water partition coefficient (Wildman–Crippen LogP) is 4.52. The first kappa shape index (κ1) is 15.4. The summed E-state index contributed by atoms with van der Waals surface area (Å²) < 4.78 is 0. The van der Waals surface area contributed by atoms with Crippen LogP contribution in [0.4, 0.5) is 5.00 Å². The van der Waals surface area contributed by atoms with Crippen molar-refractivity contribution in [2.45, 2.75) is 25.3 Å². The van der Waals surface area contributed by atoms with E-state index >= 15 is 0 Å². The third kappa shape index (κ3) is 3.07. The van der Waals surface area contributed by atoms with Gasteiger partial charge in [0.1, 0.15) is 0 Å². The van der Waals surface area contributed by atoms with Crippen LogP contribution in [0, 0.1) is 10.1 Å². The van der Waals surface area contributed by atoms with Crippen molar-refractivity contribution in [2.75, 3.05) is 13.1 Å². The van der Waals surface area contributed by atoms with Crippen LogP contribution in [0.2, 0.25) is 0 Å². The molecule has 0 bridgehead atoms. The van der Waals surface area contributed by atoms with E-state index in [2.05, 4.69) is 40.2 Å². The van der Waals surface area contributed by atoms with E-state index < -0.39 is 0 Å². The molecule has 0 unspecified atom stereocenters. The molecule has 0 radical (unpaired) electrons. The molecule has 0 atom stereocenters. The molecule has 24 heavy (non-hydrogen) atoms. The predicted molar refractivity (Wildman–Crippen MR) is 96.5 cm³/mol. The van der Waals surface area contributed by atoms with Crippen molar-refractivity contribution < 1.29 is 4.92 Å². The average molecular weight is 341 g/mol. The Morgan fingerprint density at radius 1 is 1.25 bits per heavy atom. The number of nitro groups is 1. The zero-order valence-electron chi connectivity index (χ0n) is 13.3. The van der Waals surface area contributed by atoms with Gasteiger partial charge < -0.3 is 4.98 Å². The van der Waals surface area contributed by atoms with E-state index in [0.717, 1.165) is 38.0 Å². The van der Waals surface area contributed by atoms with Crippen molar-refractivity contribution in [3.05, 3.63) is 63.1 Å². The summed E-state index contributed by atoms with van der Waals surface area (Å²) >= 11 is 1.22. The molecule has 5 nitrogen and oxygen atoms in total. The lowest BCUT2D eigenvalue weighted by Crippen LogP contribution is -2.32. The van der Waals surface area contributed by atoms with Crippen molar-refractivity contribution in [2.24, 2.45) is 0 Å². The van der Waals surface area contributed by atoms with Gasteiger partial charge in [0.15, 0.2) is 0 Å². The van der Waals surface area contributed by atoms with E-state index in [9.17, 15) is 10.1 Å². The van der Waals surface area contributed by atoms with Crippen LogP contribution in [0.15, 0.2) is 41.8 Å². The maximum absolute atomic E-state index is 10.8. The molecule has 1 saturated heterocycles. The maximum atomic E-state index is 10.8. The van der Waals surface area contributed by atoms with Gasteiger partial charge in [-0.2, -0.15) is 0 Å². The van der Waals surface area contributed by atoms with Gasteiger partial charge in [-0.1, -0.05) is 29.5 Å². The normalized spacial score (nSPS) is 16.7. The van der Waals surface area contributed by atoms with E-state index in [1.165, 1.54) is 27.9 Å². The standard InChI is InChI=1S/C18H19N3O2S/c22-21(23)18-9-13(12-24-18)11-20-7-5-14(6-8-20)17-10-15-3-1-2-4-16(15)19-17/h1-4,9-10,12,14,19H,5-8,11H2. The Labute approximate surface area is 144 Å². The fraction of sp³-hybridized carbons (Fsp3) is 0.333. The maximum Gasteiger partial charge on any atom is 0.324 e. The molecule has 0 aliphatic carbocycles. The van der Waals surface area contributed by atoms with Gasteiger partial charge in [-0.15, -0.1) is 0 Å². The quantitative estimate of drug-likeness (QED) is 0.561. The zero-order valence-corrected chi connectivity index (χ0v) is 14.1. The van der Waals surface area contributed by atoms with Gasteiger partial charge in [0.05, 0.1) is 4.92 Å². The minimum absolute atomic E-state index is 0.234. The molecule has 0 saturated carbocycles. The van der Waals surface area contributed by atoms with Crippen LogP contribution in [0.25, 0.3) is 10.9 Å². The largest absolute Gasteiger partial charge is 0.358 e. The molecular formula is C18H19N3O2S. The number of likely N-dealkylation sites (tertiary alicyclic amines) is 1. The molecule has 6 heteroatoms. The number of nitrogens with one attached hydrogen (secondary N) is 1. The number of thiophene rings is 1. The number of piperidine rings is 1. The number of benzene rings is 1. The Bertz CT molecular complexity index is 829. The summed E-state index contributed by atoms with van der Waals surface area (Å²) in [6.45, 7) is 2.87. The van der Waals surface area contributed by atoms with Gasteiger partial charge in [-0.05, 0) is 49.0 Å². The number of aromatic amines is 1. The second-order valence-corrected chi connectivity index (χ2v) is 7.30. The highest BCUT2D eigenvalue weighted by Gasteiger charge is 2.22. The molecule has 4 rings (SSSR count). The summed E-state index contributed by atoms with van der Waals surface area (Å²) in [6, 6.07) is 12.4. The average Bonchev–Trinajstić information content (AvgIpc) is 3.22. The number of fused-ring (bicyclic) bond motifs is 1. The van der Waals surface area contributed by atoms with E-state index in [0.29, 0.717) is 5.92 Å². The summed E-state index contributed by atoms with van der Waals surface area (Å²) in [5.74, 6) is 0.575. The Balaban J connectivity index is 1.38. The van der Waals surface area contributed by atoms with Crippen LogP contribution in [0.3, 0.4) is 0 Å². The lowest BCUT2D eigenvalue weighted by atomic mass is 9.93. The fourth-order valence-corrected chi connectivity index (χ4v) is 4.24. The number of para-hydroxylation sites is 1. The highest BCUT2D eigenvalue weighted by molar-refractivity contribution is 7.13. The number of hydrogen-bond acceptors (Lipinski definition) is 4. The van der Waals surface area contributed by atoms with Crippen LogP contribution >= 0.6 is 11.3 Å². The summed E-state index contributed by atoms with van der Waals surface area (Å²) in [4.78, 5) is 16.4. The monoisotopic (exact) mass is 341 g/mol.